The summed E-state index contributed by atoms with van der Waals surface area (Å²) in [5.74, 6) is 0. The smallest absolute Gasteiger partial charge is 0.320 e. The molecule has 26 heavy (non-hydrogen) atoms. The summed E-state index contributed by atoms with van der Waals surface area (Å²) in [4.78, 5) is 14.0. The lowest BCUT2D eigenvalue weighted by Gasteiger charge is -2.29. The second kappa shape index (κ2) is 6.61. The van der Waals surface area contributed by atoms with Gasteiger partial charge in [-0.05, 0) is 48.2 Å². The van der Waals surface area contributed by atoms with Crippen LogP contribution in [0.2, 0.25) is 0 Å². The average Bonchev–Trinajstić information content (AvgIpc) is 3.32. The van der Waals surface area contributed by atoms with Crippen molar-refractivity contribution < 1.29 is 9.90 Å². The van der Waals surface area contributed by atoms with Crippen LogP contribution in [0.5, 0.6) is 0 Å². The van der Waals surface area contributed by atoms with E-state index in [0.29, 0.717) is 12.1 Å². The molecule has 2 aromatic carbocycles. The first-order valence-electron chi connectivity index (χ1n) is 8.45. The van der Waals surface area contributed by atoms with Gasteiger partial charge in [-0.25, -0.2) is 4.79 Å². The van der Waals surface area contributed by atoms with Crippen molar-refractivity contribution in [1.82, 2.24) is 20.3 Å². The van der Waals surface area contributed by atoms with E-state index in [1.54, 1.807) is 24.5 Å². The maximum Gasteiger partial charge on any atom is 0.320 e. The van der Waals surface area contributed by atoms with Crippen molar-refractivity contribution in [1.29, 1.82) is 0 Å². The van der Waals surface area contributed by atoms with E-state index < -0.39 is 5.54 Å². The summed E-state index contributed by atoms with van der Waals surface area (Å²) < 4.78 is 0. The fraction of sp³-hybridized carbons (Fsp3) is 0.211. The van der Waals surface area contributed by atoms with Gasteiger partial charge >= 0.3 is 6.03 Å². The molecule has 1 atom stereocenters. The van der Waals surface area contributed by atoms with Gasteiger partial charge in [0.05, 0.1) is 30.2 Å². The molecule has 0 aliphatic heterocycles. The van der Waals surface area contributed by atoms with Crippen LogP contribution in [0.4, 0.5) is 10.5 Å². The normalized spacial score (nSPS) is 18.3. The van der Waals surface area contributed by atoms with Crippen LogP contribution in [0, 0.1) is 0 Å². The second-order valence-electron chi connectivity index (χ2n) is 6.34. The van der Waals surface area contributed by atoms with Gasteiger partial charge in [0.15, 0.2) is 0 Å². The molecule has 1 unspecified atom stereocenters. The topological polar surface area (TPSA) is 92.1 Å². The molecular formula is C19H19N5O2. The van der Waals surface area contributed by atoms with Crippen molar-refractivity contribution in [3.63, 3.8) is 0 Å². The number of aliphatic hydroxyl groups excluding tert-OH is 1. The number of aliphatic hydroxyl groups is 1. The van der Waals surface area contributed by atoms with Crippen molar-refractivity contribution in [2.24, 2.45) is 0 Å². The number of carbonyl (C=O) groups excluding carboxylic acids is 1. The quantitative estimate of drug-likeness (QED) is 0.673. The number of nitrogens with one attached hydrogen (secondary N) is 2. The lowest BCUT2D eigenvalue weighted by atomic mass is 9.93. The first-order valence-corrected chi connectivity index (χ1v) is 8.45. The van der Waals surface area contributed by atoms with E-state index in [1.165, 1.54) is 4.80 Å². The molecule has 2 amide bonds. The van der Waals surface area contributed by atoms with Crippen molar-refractivity contribution in [3.05, 3.63) is 72.1 Å². The fourth-order valence-electron chi connectivity index (χ4n) is 3.43. The molecule has 1 heterocycles. The number of aromatic nitrogens is 3. The van der Waals surface area contributed by atoms with Crippen LogP contribution in [0.1, 0.15) is 17.5 Å². The molecule has 0 bridgehead atoms. The number of nitrogens with zero attached hydrogens (tertiary/aromatic N) is 3. The average molecular weight is 349 g/mol. The zero-order chi connectivity index (χ0) is 18.0. The SMILES string of the molecule is O=C(Nc1ccc(-n2nccn2)cc1)NC1(CO)CCc2ccccc21. The van der Waals surface area contributed by atoms with Crippen LogP contribution in [0.25, 0.3) is 5.69 Å². The van der Waals surface area contributed by atoms with E-state index in [-0.39, 0.29) is 12.6 Å². The van der Waals surface area contributed by atoms with E-state index >= 15 is 0 Å². The molecule has 0 spiro atoms. The highest BCUT2D eigenvalue weighted by Gasteiger charge is 2.39. The number of urea groups is 1. The lowest BCUT2D eigenvalue weighted by Crippen LogP contribution is -2.48. The van der Waals surface area contributed by atoms with Gasteiger partial charge in [-0.3, -0.25) is 0 Å². The third kappa shape index (κ3) is 2.93. The zero-order valence-electron chi connectivity index (χ0n) is 14.1. The second-order valence-corrected chi connectivity index (χ2v) is 6.34. The molecule has 3 aromatic rings. The largest absolute Gasteiger partial charge is 0.394 e. The van der Waals surface area contributed by atoms with Gasteiger partial charge in [0, 0.05) is 5.69 Å². The van der Waals surface area contributed by atoms with Crippen molar-refractivity contribution >= 4 is 11.7 Å². The minimum absolute atomic E-state index is 0.138. The first-order chi connectivity index (χ1) is 12.7. The maximum absolute atomic E-state index is 12.5. The van der Waals surface area contributed by atoms with Crippen LogP contribution in [0.15, 0.2) is 60.9 Å². The molecule has 1 aliphatic rings. The van der Waals surface area contributed by atoms with E-state index in [1.807, 2.05) is 36.4 Å². The monoisotopic (exact) mass is 349 g/mol. The van der Waals surface area contributed by atoms with Gasteiger partial charge in [0.25, 0.3) is 0 Å². The fourth-order valence-corrected chi connectivity index (χ4v) is 3.43. The molecule has 0 saturated heterocycles. The van der Waals surface area contributed by atoms with Crippen LogP contribution in [-0.2, 0) is 12.0 Å². The van der Waals surface area contributed by atoms with Crippen LogP contribution in [-0.4, -0.2) is 32.7 Å². The van der Waals surface area contributed by atoms with E-state index in [9.17, 15) is 9.90 Å². The highest BCUT2D eigenvalue weighted by Crippen LogP contribution is 2.36. The Balaban J connectivity index is 1.47. The van der Waals surface area contributed by atoms with Crippen molar-refractivity contribution in [2.75, 3.05) is 11.9 Å². The molecule has 4 rings (SSSR count). The molecule has 1 aromatic heterocycles. The minimum atomic E-state index is -0.737. The Kier molecular flexibility index (Phi) is 4.14. The van der Waals surface area contributed by atoms with E-state index in [4.69, 9.17) is 0 Å². The Morgan fingerprint density at radius 3 is 2.58 bits per heavy atom. The number of carbonyl (C=O) groups is 1. The number of anilines is 1. The molecule has 3 N–H and O–H groups in total. The summed E-state index contributed by atoms with van der Waals surface area (Å²) in [5, 5.41) is 23.9. The predicted molar refractivity (Wildman–Crippen MR) is 97.0 cm³/mol. The molecular weight excluding hydrogens is 330 g/mol. The molecule has 7 nitrogen and oxygen atoms in total. The number of hydrogen-bond donors (Lipinski definition) is 3. The molecule has 1 aliphatic carbocycles. The Bertz CT molecular complexity index is 908. The van der Waals surface area contributed by atoms with Crippen LogP contribution in [0.3, 0.4) is 0 Å². The highest BCUT2D eigenvalue weighted by atomic mass is 16.3. The van der Waals surface area contributed by atoms with Crippen molar-refractivity contribution in [3.8, 4) is 5.69 Å². The Labute approximate surface area is 150 Å². The standard InChI is InChI=1S/C19H19N5O2/c25-13-19(10-9-14-3-1-2-4-17(14)19)23-18(26)22-15-5-7-16(8-6-15)24-20-11-12-21-24/h1-8,11-12,25H,9-10,13H2,(H2,22,23,26). The number of fused-ring (bicyclic) bond motifs is 1. The van der Waals surface area contributed by atoms with E-state index in [2.05, 4.69) is 20.8 Å². The molecule has 7 heteroatoms. The first kappa shape index (κ1) is 16.3. The van der Waals surface area contributed by atoms with Gasteiger partial charge in [-0.1, -0.05) is 24.3 Å². The Morgan fingerprint density at radius 2 is 1.85 bits per heavy atom. The lowest BCUT2D eigenvalue weighted by molar-refractivity contribution is 0.164. The minimum Gasteiger partial charge on any atom is -0.394 e. The van der Waals surface area contributed by atoms with Crippen LogP contribution >= 0.6 is 0 Å². The number of benzene rings is 2. The number of hydrogen-bond acceptors (Lipinski definition) is 4. The number of amides is 2. The molecule has 0 saturated carbocycles. The van der Waals surface area contributed by atoms with Gasteiger partial charge in [-0.2, -0.15) is 15.0 Å². The highest BCUT2D eigenvalue weighted by molar-refractivity contribution is 5.90. The summed E-state index contributed by atoms with van der Waals surface area (Å²) in [6, 6.07) is 14.8. The van der Waals surface area contributed by atoms with E-state index in [0.717, 1.165) is 23.2 Å². The van der Waals surface area contributed by atoms with Gasteiger partial charge in [-0.15, -0.1) is 0 Å². The third-order valence-electron chi connectivity index (χ3n) is 4.75. The van der Waals surface area contributed by atoms with Gasteiger partial charge in [0.1, 0.15) is 0 Å². The maximum atomic E-state index is 12.5. The Hall–Kier alpha value is -3.19. The van der Waals surface area contributed by atoms with Crippen LogP contribution < -0.4 is 10.6 Å². The third-order valence-corrected chi connectivity index (χ3v) is 4.75. The van der Waals surface area contributed by atoms with Crippen molar-refractivity contribution in [2.45, 2.75) is 18.4 Å². The summed E-state index contributed by atoms with van der Waals surface area (Å²) >= 11 is 0. The number of rotatable bonds is 4. The summed E-state index contributed by atoms with van der Waals surface area (Å²) in [6.07, 6.45) is 4.73. The summed E-state index contributed by atoms with van der Waals surface area (Å²) in [7, 11) is 0. The molecule has 132 valence electrons. The predicted octanol–water partition coefficient (Wildman–Crippen LogP) is 2.22. The molecule has 0 radical (unpaired) electrons. The summed E-state index contributed by atoms with van der Waals surface area (Å²) in [6.45, 7) is -0.138. The number of aryl methyl sites for hydroxylation is 1. The zero-order valence-corrected chi connectivity index (χ0v) is 14.1. The summed E-state index contributed by atoms with van der Waals surface area (Å²) in [5.41, 5.74) is 2.87. The Morgan fingerprint density at radius 1 is 1.12 bits per heavy atom. The van der Waals surface area contributed by atoms with Gasteiger partial charge < -0.3 is 15.7 Å². The van der Waals surface area contributed by atoms with Gasteiger partial charge in [0.2, 0.25) is 0 Å². The molecule has 0 fully saturated rings.